The Morgan fingerprint density at radius 3 is 2.21 bits per heavy atom. The highest BCUT2D eigenvalue weighted by molar-refractivity contribution is 4.74. The van der Waals surface area contributed by atoms with Gasteiger partial charge in [0.15, 0.2) is 0 Å². The molecule has 0 aliphatic carbocycles. The van der Waals surface area contributed by atoms with Gasteiger partial charge in [0.05, 0.1) is 12.7 Å². The number of rotatable bonds is 10. The molecule has 0 aromatic rings. The van der Waals surface area contributed by atoms with Crippen molar-refractivity contribution < 1.29 is 4.74 Å². The molecule has 0 aromatic carbocycles. The molecule has 0 spiro atoms. The van der Waals surface area contributed by atoms with Crippen LogP contribution in [0.15, 0.2) is 0 Å². The lowest BCUT2D eigenvalue weighted by Crippen LogP contribution is -2.28. The summed E-state index contributed by atoms with van der Waals surface area (Å²) in [5.74, 6) is 0.734. The Morgan fingerprint density at radius 1 is 1.11 bits per heavy atom. The first-order valence-electron chi connectivity index (χ1n) is 7.77. The SMILES string of the molecule is CC(C)OCCN(C)CCCC(CCN)C(C)(C)C. The third kappa shape index (κ3) is 10.3. The zero-order valence-corrected chi connectivity index (χ0v) is 14.0. The van der Waals surface area contributed by atoms with Gasteiger partial charge in [0.2, 0.25) is 0 Å². The lowest BCUT2D eigenvalue weighted by molar-refractivity contribution is 0.0630. The molecule has 2 N–H and O–H groups in total. The topological polar surface area (TPSA) is 38.5 Å². The maximum atomic E-state index is 5.72. The number of ether oxygens (including phenoxy) is 1. The van der Waals surface area contributed by atoms with Crippen molar-refractivity contribution >= 4 is 0 Å². The van der Waals surface area contributed by atoms with E-state index in [1.54, 1.807) is 0 Å². The largest absolute Gasteiger partial charge is 0.377 e. The van der Waals surface area contributed by atoms with Gasteiger partial charge in [-0.2, -0.15) is 0 Å². The van der Waals surface area contributed by atoms with Crippen LogP contribution in [0.1, 0.15) is 53.9 Å². The molecule has 0 radical (unpaired) electrons. The van der Waals surface area contributed by atoms with E-state index in [1.807, 2.05) is 0 Å². The summed E-state index contributed by atoms with van der Waals surface area (Å²) in [6, 6.07) is 0. The van der Waals surface area contributed by atoms with Crippen molar-refractivity contribution in [3.8, 4) is 0 Å². The van der Waals surface area contributed by atoms with E-state index in [2.05, 4.69) is 46.6 Å². The van der Waals surface area contributed by atoms with E-state index in [-0.39, 0.29) is 0 Å². The smallest absolute Gasteiger partial charge is 0.0596 e. The lowest BCUT2D eigenvalue weighted by Gasteiger charge is -2.31. The van der Waals surface area contributed by atoms with Gasteiger partial charge >= 0.3 is 0 Å². The number of likely N-dealkylation sites (N-methyl/N-ethyl adjacent to an activating group) is 1. The quantitative estimate of drug-likeness (QED) is 0.664. The van der Waals surface area contributed by atoms with Crippen molar-refractivity contribution in [3.63, 3.8) is 0 Å². The fourth-order valence-electron chi connectivity index (χ4n) is 2.38. The van der Waals surface area contributed by atoms with Crippen LogP contribution in [0.5, 0.6) is 0 Å². The molecule has 0 saturated heterocycles. The van der Waals surface area contributed by atoms with Crippen LogP contribution < -0.4 is 5.73 Å². The lowest BCUT2D eigenvalue weighted by atomic mass is 9.76. The first-order chi connectivity index (χ1) is 8.77. The minimum atomic E-state index is 0.336. The minimum absolute atomic E-state index is 0.336. The maximum Gasteiger partial charge on any atom is 0.0596 e. The Hall–Kier alpha value is -0.120. The van der Waals surface area contributed by atoms with E-state index in [9.17, 15) is 0 Å². The first-order valence-corrected chi connectivity index (χ1v) is 7.77. The molecule has 0 saturated carbocycles. The molecule has 19 heavy (non-hydrogen) atoms. The molecule has 0 amide bonds. The second-order valence-electron chi connectivity index (χ2n) is 7.01. The van der Waals surface area contributed by atoms with Crippen molar-refractivity contribution in [3.05, 3.63) is 0 Å². The standard InChI is InChI=1S/C16H36N2O/c1-14(2)19-13-12-18(6)11-7-8-15(9-10-17)16(3,4)5/h14-15H,7-13,17H2,1-6H3. The second kappa shape index (κ2) is 9.73. The number of nitrogens with two attached hydrogens (primary N) is 1. The summed E-state index contributed by atoms with van der Waals surface area (Å²) in [6.07, 6.45) is 4.00. The number of nitrogens with zero attached hydrogens (tertiary/aromatic N) is 1. The molecular weight excluding hydrogens is 236 g/mol. The molecule has 0 rings (SSSR count). The summed E-state index contributed by atoms with van der Waals surface area (Å²) >= 11 is 0. The van der Waals surface area contributed by atoms with Crippen molar-refractivity contribution in [2.45, 2.75) is 60.0 Å². The fourth-order valence-corrected chi connectivity index (χ4v) is 2.38. The normalized spacial score (nSPS) is 14.4. The van der Waals surface area contributed by atoms with Crippen molar-refractivity contribution in [1.29, 1.82) is 0 Å². The maximum absolute atomic E-state index is 5.72. The van der Waals surface area contributed by atoms with Crippen LogP contribution in [0.4, 0.5) is 0 Å². The average molecular weight is 272 g/mol. The zero-order chi connectivity index (χ0) is 14.9. The Balaban J connectivity index is 3.80. The fraction of sp³-hybridized carbons (Fsp3) is 1.00. The average Bonchev–Trinajstić information content (AvgIpc) is 2.26. The van der Waals surface area contributed by atoms with Crippen LogP contribution in [-0.2, 0) is 4.74 Å². The first kappa shape index (κ1) is 18.9. The van der Waals surface area contributed by atoms with Crippen LogP contribution in [0.2, 0.25) is 0 Å². The summed E-state index contributed by atoms with van der Waals surface area (Å²) < 4.78 is 5.57. The Bertz CT molecular complexity index is 211. The predicted molar refractivity (Wildman–Crippen MR) is 84.4 cm³/mol. The van der Waals surface area contributed by atoms with Gasteiger partial charge in [-0.25, -0.2) is 0 Å². The van der Waals surface area contributed by atoms with Crippen LogP contribution in [-0.4, -0.2) is 44.3 Å². The van der Waals surface area contributed by atoms with Crippen molar-refractivity contribution in [2.24, 2.45) is 17.1 Å². The highest BCUT2D eigenvalue weighted by atomic mass is 16.5. The molecule has 0 aliphatic heterocycles. The van der Waals surface area contributed by atoms with E-state index < -0.39 is 0 Å². The molecule has 116 valence electrons. The van der Waals surface area contributed by atoms with Gasteiger partial charge in [-0.1, -0.05) is 20.8 Å². The van der Waals surface area contributed by atoms with Crippen LogP contribution in [0, 0.1) is 11.3 Å². The third-order valence-electron chi connectivity index (χ3n) is 3.76. The molecule has 3 nitrogen and oxygen atoms in total. The van der Waals surface area contributed by atoms with Gasteiger partial charge < -0.3 is 15.4 Å². The second-order valence-corrected chi connectivity index (χ2v) is 7.01. The molecule has 1 unspecified atom stereocenters. The van der Waals surface area contributed by atoms with Gasteiger partial charge in [-0.15, -0.1) is 0 Å². The van der Waals surface area contributed by atoms with Gasteiger partial charge in [0.25, 0.3) is 0 Å². The highest BCUT2D eigenvalue weighted by Gasteiger charge is 2.23. The zero-order valence-electron chi connectivity index (χ0n) is 14.0. The molecule has 3 heteroatoms. The summed E-state index contributed by atoms with van der Waals surface area (Å²) in [7, 11) is 2.18. The molecule has 0 aromatic heterocycles. The van der Waals surface area contributed by atoms with Gasteiger partial charge in [0.1, 0.15) is 0 Å². The summed E-state index contributed by atoms with van der Waals surface area (Å²) in [4.78, 5) is 2.37. The highest BCUT2D eigenvalue weighted by Crippen LogP contribution is 2.32. The molecular formula is C16H36N2O. The van der Waals surface area contributed by atoms with E-state index >= 15 is 0 Å². The van der Waals surface area contributed by atoms with Crippen LogP contribution in [0.25, 0.3) is 0 Å². The molecule has 0 aliphatic rings. The van der Waals surface area contributed by atoms with E-state index in [0.717, 1.165) is 38.6 Å². The Labute approximate surface area is 120 Å². The van der Waals surface area contributed by atoms with E-state index in [0.29, 0.717) is 11.5 Å². The van der Waals surface area contributed by atoms with Crippen molar-refractivity contribution in [1.82, 2.24) is 4.90 Å². The Kier molecular flexibility index (Phi) is 9.67. The van der Waals surface area contributed by atoms with E-state index in [4.69, 9.17) is 10.5 Å². The summed E-state index contributed by atoms with van der Waals surface area (Å²) in [6.45, 7) is 15.0. The molecule has 0 fully saturated rings. The molecule has 1 atom stereocenters. The van der Waals surface area contributed by atoms with Gasteiger partial charge in [-0.3, -0.25) is 0 Å². The van der Waals surface area contributed by atoms with E-state index in [1.165, 1.54) is 12.8 Å². The van der Waals surface area contributed by atoms with Crippen molar-refractivity contribution in [2.75, 3.05) is 33.3 Å². The van der Waals surface area contributed by atoms with Gasteiger partial charge in [-0.05, 0) is 64.6 Å². The Morgan fingerprint density at radius 2 is 1.74 bits per heavy atom. The summed E-state index contributed by atoms with van der Waals surface area (Å²) in [5, 5.41) is 0. The van der Waals surface area contributed by atoms with Gasteiger partial charge in [0, 0.05) is 6.54 Å². The number of hydrogen-bond donors (Lipinski definition) is 1. The van der Waals surface area contributed by atoms with Crippen LogP contribution in [0.3, 0.4) is 0 Å². The molecule has 0 bridgehead atoms. The number of hydrogen-bond acceptors (Lipinski definition) is 3. The summed E-state index contributed by atoms with van der Waals surface area (Å²) in [5.41, 5.74) is 6.10. The monoisotopic (exact) mass is 272 g/mol. The third-order valence-corrected chi connectivity index (χ3v) is 3.76. The molecule has 0 heterocycles. The minimum Gasteiger partial charge on any atom is -0.377 e. The van der Waals surface area contributed by atoms with Crippen LogP contribution >= 0.6 is 0 Å². The predicted octanol–water partition coefficient (Wildman–Crippen LogP) is 3.13.